The molecule has 5 nitrogen and oxygen atoms in total. The summed E-state index contributed by atoms with van der Waals surface area (Å²) < 4.78 is 1.09. The van der Waals surface area contributed by atoms with E-state index in [4.69, 9.17) is 0 Å². The molecule has 1 aromatic heterocycles. The van der Waals surface area contributed by atoms with Crippen molar-refractivity contribution < 1.29 is 9.59 Å². The molecular formula is C14H15N3O2S. The monoisotopic (exact) mass is 289 g/mol. The van der Waals surface area contributed by atoms with E-state index < -0.39 is 5.54 Å². The molecule has 1 unspecified atom stereocenters. The second-order valence-electron chi connectivity index (χ2n) is 5.05. The van der Waals surface area contributed by atoms with Crippen LogP contribution >= 0.6 is 11.3 Å². The number of carbonyl (C=O) groups is 2. The minimum absolute atomic E-state index is 0.230. The Morgan fingerprint density at radius 1 is 1.35 bits per heavy atom. The van der Waals surface area contributed by atoms with Gasteiger partial charge in [-0.1, -0.05) is 19.1 Å². The largest absolute Gasteiger partial charge is 0.325 e. The highest BCUT2D eigenvalue weighted by Gasteiger charge is 2.48. The highest BCUT2D eigenvalue weighted by Crippen LogP contribution is 2.29. The topological polar surface area (TPSA) is 62.3 Å². The Morgan fingerprint density at radius 3 is 2.80 bits per heavy atom. The average molecular weight is 289 g/mol. The summed E-state index contributed by atoms with van der Waals surface area (Å²) in [6.07, 6.45) is 0.579. The van der Waals surface area contributed by atoms with Crippen molar-refractivity contribution in [3.63, 3.8) is 0 Å². The molecule has 1 atom stereocenters. The number of urea groups is 1. The van der Waals surface area contributed by atoms with E-state index in [1.54, 1.807) is 23.2 Å². The lowest BCUT2D eigenvalue weighted by Crippen LogP contribution is -2.45. The fourth-order valence-corrected chi connectivity index (χ4v) is 3.32. The number of aromatic nitrogens is 1. The first-order chi connectivity index (χ1) is 9.54. The third-order valence-electron chi connectivity index (χ3n) is 3.87. The number of nitrogens with zero attached hydrogens (tertiary/aromatic N) is 2. The maximum atomic E-state index is 11.9. The van der Waals surface area contributed by atoms with Gasteiger partial charge in [-0.2, -0.15) is 0 Å². The second kappa shape index (κ2) is 4.56. The minimum atomic E-state index is -0.783. The Morgan fingerprint density at radius 2 is 2.10 bits per heavy atom. The highest BCUT2D eigenvalue weighted by molar-refractivity contribution is 7.18. The summed E-state index contributed by atoms with van der Waals surface area (Å²) in [5.41, 5.74) is 0.145. The number of nitrogens with one attached hydrogen (secondary N) is 1. The van der Waals surface area contributed by atoms with Crippen LogP contribution in [0.2, 0.25) is 0 Å². The Kier molecular flexibility index (Phi) is 2.97. The van der Waals surface area contributed by atoms with Crippen LogP contribution in [-0.4, -0.2) is 27.4 Å². The van der Waals surface area contributed by atoms with E-state index in [-0.39, 0.29) is 11.9 Å². The smallest absolute Gasteiger partial charge is 0.303 e. The molecule has 104 valence electrons. The van der Waals surface area contributed by atoms with Gasteiger partial charge in [-0.25, -0.2) is 9.78 Å². The number of rotatable bonds is 3. The SMILES string of the molecule is CCC1(C)C(=O)NC(=O)N1Cc1nc2ccccc2s1. The number of imide groups is 1. The summed E-state index contributed by atoms with van der Waals surface area (Å²) in [4.78, 5) is 30.0. The fraction of sp³-hybridized carbons (Fsp3) is 0.357. The lowest BCUT2D eigenvalue weighted by molar-refractivity contribution is -0.126. The molecule has 1 aliphatic rings. The van der Waals surface area contributed by atoms with Gasteiger partial charge in [0.15, 0.2) is 0 Å². The van der Waals surface area contributed by atoms with E-state index in [1.807, 2.05) is 31.2 Å². The van der Waals surface area contributed by atoms with Crippen LogP contribution in [0.3, 0.4) is 0 Å². The van der Waals surface area contributed by atoms with Gasteiger partial charge >= 0.3 is 6.03 Å². The summed E-state index contributed by atoms with van der Waals surface area (Å²) >= 11 is 1.55. The number of thiazole rings is 1. The normalized spacial score (nSPS) is 22.6. The molecule has 1 aliphatic heterocycles. The summed E-state index contributed by atoms with van der Waals surface area (Å²) in [6, 6.07) is 7.52. The fourth-order valence-electron chi connectivity index (χ4n) is 2.37. The number of amides is 3. The molecule has 0 aliphatic carbocycles. The van der Waals surface area contributed by atoms with Crippen molar-refractivity contribution in [2.45, 2.75) is 32.4 Å². The van der Waals surface area contributed by atoms with Crippen molar-refractivity contribution in [3.8, 4) is 0 Å². The molecule has 3 rings (SSSR count). The first-order valence-corrected chi connectivity index (χ1v) is 7.34. The molecule has 1 N–H and O–H groups in total. The molecule has 0 radical (unpaired) electrons. The molecule has 0 saturated carbocycles. The van der Waals surface area contributed by atoms with Crippen molar-refractivity contribution in [3.05, 3.63) is 29.3 Å². The molecule has 0 bridgehead atoms. The lowest BCUT2D eigenvalue weighted by Gasteiger charge is -2.29. The standard InChI is InChI=1S/C14H15N3O2S/c1-3-14(2)12(18)16-13(19)17(14)8-11-15-9-6-4-5-7-10(9)20-11/h4-7H,3,8H2,1-2H3,(H,16,18,19). The summed E-state index contributed by atoms with van der Waals surface area (Å²) in [5, 5.41) is 3.23. The number of para-hydroxylation sites is 1. The highest BCUT2D eigenvalue weighted by atomic mass is 32.1. The third-order valence-corrected chi connectivity index (χ3v) is 4.89. The molecule has 20 heavy (non-hydrogen) atoms. The van der Waals surface area contributed by atoms with Gasteiger partial charge in [0.25, 0.3) is 5.91 Å². The molecule has 0 spiro atoms. The zero-order valence-electron chi connectivity index (χ0n) is 11.3. The predicted octanol–water partition coefficient (Wildman–Crippen LogP) is 2.52. The van der Waals surface area contributed by atoms with Crippen LogP contribution in [0.1, 0.15) is 25.3 Å². The van der Waals surface area contributed by atoms with Crippen LogP contribution in [0.5, 0.6) is 0 Å². The van der Waals surface area contributed by atoms with E-state index in [2.05, 4.69) is 10.3 Å². The van der Waals surface area contributed by atoms with Crippen LogP contribution in [0.4, 0.5) is 4.79 Å². The molecule has 2 aromatic rings. The van der Waals surface area contributed by atoms with Crippen molar-refractivity contribution in [2.75, 3.05) is 0 Å². The van der Waals surface area contributed by atoms with Crippen molar-refractivity contribution in [1.82, 2.24) is 15.2 Å². The Balaban J connectivity index is 1.93. The first-order valence-electron chi connectivity index (χ1n) is 6.52. The van der Waals surface area contributed by atoms with E-state index >= 15 is 0 Å². The predicted molar refractivity (Wildman–Crippen MR) is 77.4 cm³/mol. The van der Waals surface area contributed by atoms with Crippen molar-refractivity contribution in [2.24, 2.45) is 0 Å². The summed E-state index contributed by atoms with van der Waals surface area (Å²) in [7, 11) is 0. The Bertz CT molecular complexity index is 664. The van der Waals surface area contributed by atoms with Crippen LogP contribution < -0.4 is 5.32 Å². The van der Waals surface area contributed by atoms with Gasteiger partial charge in [0, 0.05) is 0 Å². The van der Waals surface area contributed by atoms with Gasteiger partial charge in [0.05, 0.1) is 16.8 Å². The van der Waals surface area contributed by atoms with Gasteiger partial charge in [-0.05, 0) is 25.5 Å². The maximum Gasteiger partial charge on any atom is 0.325 e. The van der Waals surface area contributed by atoms with Gasteiger partial charge in [-0.3, -0.25) is 10.1 Å². The average Bonchev–Trinajstić information content (AvgIpc) is 2.93. The molecular weight excluding hydrogens is 274 g/mol. The van der Waals surface area contributed by atoms with Crippen LogP contribution in [0, 0.1) is 0 Å². The molecule has 3 amide bonds. The first kappa shape index (κ1) is 13.1. The van der Waals surface area contributed by atoms with Gasteiger partial charge in [0.1, 0.15) is 10.5 Å². The Labute approximate surface area is 120 Å². The Hall–Kier alpha value is -1.95. The zero-order chi connectivity index (χ0) is 14.3. The van der Waals surface area contributed by atoms with E-state index in [1.165, 1.54) is 0 Å². The lowest BCUT2D eigenvalue weighted by atomic mass is 9.97. The number of hydrogen-bond donors (Lipinski definition) is 1. The van der Waals surface area contributed by atoms with Crippen molar-refractivity contribution in [1.29, 1.82) is 0 Å². The zero-order valence-corrected chi connectivity index (χ0v) is 12.2. The van der Waals surface area contributed by atoms with E-state index in [0.29, 0.717) is 13.0 Å². The van der Waals surface area contributed by atoms with Gasteiger partial charge < -0.3 is 4.90 Å². The van der Waals surface area contributed by atoms with Crippen LogP contribution in [-0.2, 0) is 11.3 Å². The molecule has 1 fully saturated rings. The van der Waals surface area contributed by atoms with Gasteiger partial charge in [-0.15, -0.1) is 11.3 Å². The summed E-state index contributed by atoms with van der Waals surface area (Å²) in [5.74, 6) is -0.230. The van der Waals surface area contributed by atoms with Crippen molar-refractivity contribution >= 4 is 33.5 Å². The third kappa shape index (κ3) is 1.87. The van der Waals surface area contributed by atoms with E-state index in [9.17, 15) is 9.59 Å². The van der Waals surface area contributed by atoms with Crippen LogP contribution in [0.15, 0.2) is 24.3 Å². The number of hydrogen-bond acceptors (Lipinski definition) is 4. The van der Waals surface area contributed by atoms with Crippen LogP contribution in [0.25, 0.3) is 10.2 Å². The molecule has 1 aromatic carbocycles. The second-order valence-corrected chi connectivity index (χ2v) is 6.16. The number of benzene rings is 1. The quantitative estimate of drug-likeness (QED) is 0.883. The van der Waals surface area contributed by atoms with E-state index in [0.717, 1.165) is 15.2 Å². The number of carbonyl (C=O) groups excluding carboxylic acids is 2. The van der Waals surface area contributed by atoms with Gasteiger partial charge in [0.2, 0.25) is 0 Å². The molecule has 1 saturated heterocycles. The molecule has 2 heterocycles. The maximum absolute atomic E-state index is 11.9. The summed E-state index contributed by atoms with van der Waals surface area (Å²) in [6.45, 7) is 4.06. The molecule has 6 heteroatoms. The minimum Gasteiger partial charge on any atom is -0.303 e. The number of fused-ring (bicyclic) bond motifs is 1.